The second kappa shape index (κ2) is 7.94. The Kier molecular flexibility index (Phi) is 5.18. The molecule has 1 aromatic carbocycles. The Morgan fingerprint density at radius 3 is 2.47 bits per heavy atom. The van der Waals surface area contributed by atoms with Gasteiger partial charge in [-0.15, -0.1) is 0 Å². The van der Waals surface area contributed by atoms with E-state index < -0.39 is 5.92 Å². The highest BCUT2D eigenvalue weighted by Gasteiger charge is 2.35. The van der Waals surface area contributed by atoms with Crippen LogP contribution in [0.1, 0.15) is 17.8 Å². The maximum atomic E-state index is 12.7. The smallest absolute Gasteiger partial charge is 0.250 e. The predicted octanol–water partition coefficient (Wildman–Crippen LogP) is 2.28. The normalized spacial score (nSPS) is 16.0. The van der Waals surface area contributed by atoms with Crippen LogP contribution >= 0.6 is 0 Å². The molecule has 2 amide bonds. The highest BCUT2D eigenvalue weighted by atomic mass is 16.5. The summed E-state index contributed by atoms with van der Waals surface area (Å²) in [6.45, 7) is 4.14. The number of nitrogens with zero attached hydrogens (tertiary/aromatic N) is 5. The average Bonchev–Trinajstić information content (AvgIpc) is 3.30. The molecule has 0 spiro atoms. The Morgan fingerprint density at radius 2 is 1.87 bits per heavy atom. The number of nitrogens with one attached hydrogen (secondary N) is 1. The Balaban J connectivity index is 1.41. The van der Waals surface area contributed by atoms with Gasteiger partial charge in [0.1, 0.15) is 5.75 Å². The van der Waals surface area contributed by atoms with Gasteiger partial charge in [-0.3, -0.25) is 9.59 Å². The minimum atomic E-state index is -0.449. The molecular weight excluding hydrogens is 384 g/mol. The minimum absolute atomic E-state index is 0.0866. The molecule has 0 bridgehead atoms. The number of rotatable bonds is 5. The van der Waals surface area contributed by atoms with Crippen LogP contribution in [-0.4, -0.2) is 45.2 Å². The maximum absolute atomic E-state index is 12.7. The first-order valence-electron chi connectivity index (χ1n) is 9.55. The van der Waals surface area contributed by atoms with Crippen LogP contribution in [0.2, 0.25) is 0 Å². The highest BCUT2D eigenvalue weighted by molar-refractivity contribution is 6.03. The molecule has 0 radical (unpaired) electrons. The molecule has 1 N–H and O–H groups in total. The van der Waals surface area contributed by atoms with Crippen molar-refractivity contribution in [2.75, 3.05) is 23.9 Å². The Hall–Kier alpha value is -3.75. The van der Waals surface area contributed by atoms with Gasteiger partial charge in [-0.05, 0) is 44.2 Å². The van der Waals surface area contributed by atoms with Gasteiger partial charge in [0, 0.05) is 24.3 Å². The van der Waals surface area contributed by atoms with Gasteiger partial charge in [0.15, 0.2) is 0 Å². The molecule has 3 heterocycles. The molecule has 30 heavy (non-hydrogen) atoms. The van der Waals surface area contributed by atoms with E-state index in [2.05, 4.69) is 20.4 Å². The number of hydrogen-bond acceptors (Lipinski definition) is 6. The summed E-state index contributed by atoms with van der Waals surface area (Å²) in [6.07, 6.45) is 3.23. The fourth-order valence-electron chi connectivity index (χ4n) is 3.47. The summed E-state index contributed by atoms with van der Waals surface area (Å²) in [7, 11) is 1.59. The number of carbonyl (C=O) groups excluding carboxylic acids is 2. The van der Waals surface area contributed by atoms with Crippen molar-refractivity contribution in [1.82, 2.24) is 19.7 Å². The molecule has 0 aliphatic carbocycles. The van der Waals surface area contributed by atoms with E-state index in [0.717, 1.165) is 17.1 Å². The van der Waals surface area contributed by atoms with Crippen LogP contribution in [0.25, 0.3) is 5.95 Å². The summed E-state index contributed by atoms with van der Waals surface area (Å²) in [5.74, 6) is 0.373. The van der Waals surface area contributed by atoms with Gasteiger partial charge in [0.25, 0.3) is 5.95 Å². The van der Waals surface area contributed by atoms with E-state index in [-0.39, 0.29) is 18.2 Å². The standard InChI is InChI=1S/C21H22N6O3/c1-13-8-14(2)27(25-13)21-22-10-16(11-23-21)24-20(29)15-9-19(28)26(12-15)17-4-6-18(30-3)7-5-17/h4-8,10-11,15H,9,12H2,1-3H3,(H,24,29). The summed E-state index contributed by atoms with van der Waals surface area (Å²) in [5, 5.41) is 7.14. The molecule has 154 valence electrons. The molecular formula is C21H22N6O3. The zero-order chi connectivity index (χ0) is 21.3. The van der Waals surface area contributed by atoms with E-state index in [0.29, 0.717) is 23.9 Å². The number of carbonyl (C=O) groups is 2. The molecule has 1 fully saturated rings. The molecule has 4 rings (SSSR count). The van der Waals surface area contributed by atoms with Crippen molar-refractivity contribution in [3.05, 3.63) is 54.1 Å². The first kappa shape index (κ1) is 19.6. The fourth-order valence-corrected chi connectivity index (χ4v) is 3.47. The lowest BCUT2D eigenvalue weighted by atomic mass is 10.1. The number of hydrogen-bond donors (Lipinski definition) is 1. The van der Waals surface area contributed by atoms with E-state index in [1.165, 1.54) is 12.4 Å². The number of ether oxygens (including phenoxy) is 1. The van der Waals surface area contributed by atoms with Crippen molar-refractivity contribution in [2.24, 2.45) is 5.92 Å². The third kappa shape index (κ3) is 3.86. The molecule has 1 unspecified atom stereocenters. The monoisotopic (exact) mass is 406 g/mol. The molecule has 1 aliphatic rings. The molecule has 2 aromatic heterocycles. The van der Waals surface area contributed by atoms with Gasteiger partial charge in [-0.1, -0.05) is 0 Å². The third-order valence-electron chi connectivity index (χ3n) is 4.98. The van der Waals surface area contributed by atoms with Crippen LogP contribution < -0.4 is 15.0 Å². The van der Waals surface area contributed by atoms with Crippen molar-refractivity contribution in [3.8, 4) is 11.7 Å². The van der Waals surface area contributed by atoms with Crippen LogP contribution in [0.15, 0.2) is 42.7 Å². The number of benzene rings is 1. The summed E-state index contributed by atoms with van der Waals surface area (Å²) in [6, 6.07) is 9.13. The van der Waals surface area contributed by atoms with E-state index >= 15 is 0 Å². The zero-order valence-electron chi connectivity index (χ0n) is 17.0. The maximum Gasteiger partial charge on any atom is 0.250 e. The Labute approximate surface area is 173 Å². The van der Waals surface area contributed by atoms with Crippen molar-refractivity contribution >= 4 is 23.2 Å². The summed E-state index contributed by atoms with van der Waals surface area (Å²) < 4.78 is 6.79. The largest absolute Gasteiger partial charge is 0.497 e. The second-order valence-corrected chi connectivity index (χ2v) is 7.20. The summed E-state index contributed by atoms with van der Waals surface area (Å²) in [4.78, 5) is 35.3. The zero-order valence-corrected chi connectivity index (χ0v) is 17.0. The van der Waals surface area contributed by atoms with Crippen molar-refractivity contribution in [2.45, 2.75) is 20.3 Å². The SMILES string of the molecule is COc1ccc(N2CC(C(=O)Nc3cnc(-n4nc(C)cc4C)nc3)CC2=O)cc1. The molecule has 9 nitrogen and oxygen atoms in total. The Bertz CT molecular complexity index is 1080. The molecule has 1 saturated heterocycles. The van der Waals surface area contributed by atoms with Gasteiger partial charge >= 0.3 is 0 Å². The van der Waals surface area contributed by atoms with Crippen LogP contribution in [0, 0.1) is 19.8 Å². The fraction of sp³-hybridized carbons (Fsp3) is 0.286. The Morgan fingerprint density at radius 1 is 1.17 bits per heavy atom. The number of aryl methyl sites for hydroxylation is 2. The second-order valence-electron chi connectivity index (χ2n) is 7.20. The van der Waals surface area contributed by atoms with E-state index in [4.69, 9.17) is 4.74 Å². The van der Waals surface area contributed by atoms with E-state index in [1.807, 2.05) is 32.0 Å². The molecule has 1 atom stereocenters. The first-order valence-corrected chi connectivity index (χ1v) is 9.55. The van der Waals surface area contributed by atoms with E-state index in [9.17, 15) is 9.59 Å². The minimum Gasteiger partial charge on any atom is -0.497 e. The van der Waals surface area contributed by atoms with Gasteiger partial charge in [-0.25, -0.2) is 14.6 Å². The topological polar surface area (TPSA) is 102 Å². The van der Waals surface area contributed by atoms with Crippen LogP contribution in [0.5, 0.6) is 5.75 Å². The number of aromatic nitrogens is 4. The lowest BCUT2D eigenvalue weighted by molar-refractivity contribution is -0.122. The third-order valence-corrected chi connectivity index (χ3v) is 4.98. The molecule has 3 aromatic rings. The van der Waals surface area contributed by atoms with Crippen molar-refractivity contribution in [1.29, 1.82) is 0 Å². The number of methoxy groups -OCH3 is 1. The van der Waals surface area contributed by atoms with E-state index in [1.54, 1.807) is 28.8 Å². The number of amides is 2. The predicted molar refractivity (Wildman–Crippen MR) is 111 cm³/mol. The lowest BCUT2D eigenvalue weighted by Crippen LogP contribution is -2.28. The van der Waals surface area contributed by atoms with Crippen LogP contribution in [-0.2, 0) is 9.59 Å². The highest BCUT2D eigenvalue weighted by Crippen LogP contribution is 2.27. The first-order chi connectivity index (χ1) is 14.4. The molecule has 9 heteroatoms. The quantitative estimate of drug-likeness (QED) is 0.697. The van der Waals surface area contributed by atoms with Gasteiger partial charge in [-0.2, -0.15) is 5.10 Å². The average molecular weight is 406 g/mol. The van der Waals surface area contributed by atoms with Crippen LogP contribution in [0.4, 0.5) is 11.4 Å². The van der Waals surface area contributed by atoms with Crippen LogP contribution in [0.3, 0.4) is 0 Å². The van der Waals surface area contributed by atoms with Crippen molar-refractivity contribution < 1.29 is 14.3 Å². The van der Waals surface area contributed by atoms with Gasteiger partial charge < -0.3 is 15.0 Å². The lowest BCUT2D eigenvalue weighted by Gasteiger charge is -2.17. The number of anilines is 2. The summed E-state index contributed by atoms with van der Waals surface area (Å²) >= 11 is 0. The molecule has 1 aliphatic heterocycles. The van der Waals surface area contributed by atoms with Crippen molar-refractivity contribution in [3.63, 3.8) is 0 Å². The summed E-state index contributed by atoms with van der Waals surface area (Å²) in [5.41, 5.74) is 3.02. The van der Waals surface area contributed by atoms with Gasteiger partial charge in [0.2, 0.25) is 11.8 Å². The van der Waals surface area contributed by atoms with Gasteiger partial charge in [0.05, 0.1) is 36.8 Å². The molecule has 0 saturated carbocycles.